The van der Waals surface area contributed by atoms with E-state index in [9.17, 15) is 19.8 Å². The number of cyclic esters (lactones) is 1. The molecule has 1 aliphatic heterocycles. The van der Waals surface area contributed by atoms with Gasteiger partial charge in [-0.1, -0.05) is 51.1 Å². The van der Waals surface area contributed by atoms with E-state index in [1.54, 1.807) is 0 Å². The summed E-state index contributed by atoms with van der Waals surface area (Å²) in [5.41, 5.74) is -0.149. The predicted octanol–water partition coefficient (Wildman–Crippen LogP) is 6.03. The lowest BCUT2D eigenvalue weighted by Gasteiger charge is -2.57. The summed E-state index contributed by atoms with van der Waals surface area (Å²) < 4.78 is 12.0. The zero-order valence-electron chi connectivity index (χ0n) is 24.8. The Morgan fingerprint density at radius 3 is 2.54 bits per heavy atom. The van der Waals surface area contributed by atoms with Gasteiger partial charge in [-0.05, 0) is 94.4 Å². The van der Waals surface area contributed by atoms with Crippen LogP contribution in [-0.2, 0) is 19.1 Å². The topological polar surface area (TPSA) is 93.1 Å². The normalized spacial score (nSPS) is 37.9. The van der Waals surface area contributed by atoms with Gasteiger partial charge in [-0.3, -0.25) is 9.59 Å². The number of aliphatic hydroxyl groups excluding tert-OH is 1. The van der Waals surface area contributed by atoms with E-state index >= 15 is 0 Å². The first-order valence-corrected chi connectivity index (χ1v) is 15.2. The first-order chi connectivity index (χ1) is 18.3. The average Bonchev–Trinajstić information content (AvgIpc) is 2.87. The summed E-state index contributed by atoms with van der Waals surface area (Å²) >= 11 is 0. The molecule has 2 N–H and O–H groups in total. The molecular formula is C33H50O6. The Morgan fingerprint density at radius 2 is 1.90 bits per heavy atom. The second-order valence-corrected chi connectivity index (χ2v) is 13.7. The fraction of sp³-hybridized carbons (Fsp3) is 0.758. The van der Waals surface area contributed by atoms with Crippen molar-refractivity contribution in [2.45, 2.75) is 123 Å². The zero-order chi connectivity index (χ0) is 28.5. The first kappa shape index (κ1) is 30.0. The number of benzene rings is 1. The van der Waals surface area contributed by atoms with Crippen molar-refractivity contribution in [1.82, 2.24) is 0 Å². The number of aliphatic hydroxyl groups is 2. The highest BCUT2D eigenvalue weighted by Gasteiger charge is 2.56. The SMILES string of the molecule is CCC(C)(C)C(=O)O[C@H]1C[C@@H](C)[C@@H]([C@H](C)c2ccccc2)[C@H]2CC[C@](C)(O)[C@@H](CC[C@@H]3C[C@@H](O)CC(=O)O3)[C@@H]21. The summed E-state index contributed by atoms with van der Waals surface area (Å²) in [6, 6.07) is 10.7. The van der Waals surface area contributed by atoms with Crippen LogP contribution in [0.15, 0.2) is 30.3 Å². The molecule has 6 nitrogen and oxygen atoms in total. The smallest absolute Gasteiger partial charge is 0.311 e. The maximum absolute atomic E-state index is 13.4. The van der Waals surface area contributed by atoms with Crippen LogP contribution in [0.1, 0.15) is 104 Å². The lowest BCUT2D eigenvalue weighted by atomic mass is 9.51. The Bertz CT molecular complexity index is 987. The summed E-state index contributed by atoms with van der Waals surface area (Å²) in [6.07, 6.45) is 3.50. The van der Waals surface area contributed by atoms with Gasteiger partial charge in [0, 0.05) is 12.3 Å². The van der Waals surface area contributed by atoms with E-state index in [0.29, 0.717) is 55.8 Å². The zero-order valence-corrected chi connectivity index (χ0v) is 24.8. The maximum atomic E-state index is 13.4. The van der Waals surface area contributed by atoms with Gasteiger partial charge >= 0.3 is 11.9 Å². The third-order valence-corrected chi connectivity index (χ3v) is 10.6. The van der Waals surface area contributed by atoms with Crippen molar-refractivity contribution in [2.75, 3.05) is 0 Å². The van der Waals surface area contributed by atoms with E-state index in [-0.39, 0.29) is 42.4 Å². The average molecular weight is 543 g/mol. The van der Waals surface area contributed by atoms with Crippen LogP contribution in [0.2, 0.25) is 0 Å². The van der Waals surface area contributed by atoms with Crippen molar-refractivity contribution in [2.24, 2.45) is 35.0 Å². The number of hydrogen-bond acceptors (Lipinski definition) is 6. The molecule has 1 aromatic carbocycles. The first-order valence-electron chi connectivity index (χ1n) is 15.2. The molecule has 10 atom stereocenters. The lowest BCUT2D eigenvalue weighted by Crippen LogP contribution is -2.57. The van der Waals surface area contributed by atoms with Crippen LogP contribution >= 0.6 is 0 Å². The highest BCUT2D eigenvalue weighted by Crippen LogP contribution is 2.57. The molecular weight excluding hydrogens is 492 g/mol. The fourth-order valence-electron chi connectivity index (χ4n) is 7.95. The molecule has 1 saturated heterocycles. The quantitative estimate of drug-likeness (QED) is 0.390. The second-order valence-electron chi connectivity index (χ2n) is 13.7. The van der Waals surface area contributed by atoms with Crippen LogP contribution in [0.4, 0.5) is 0 Å². The molecule has 0 aromatic heterocycles. The van der Waals surface area contributed by atoms with Gasteiger partial charge in [-0.25, -0.2) is 0 Å². The Hall–Kier alpha value is -1.92. The van der Waals surface area contributed by atoms with Crippen molar-refractivity contribution in [3.8, 4) is 0 Å². The number of fused-ring (bicyclic) bond motifs is 1. The molecule has 0 radical (unpaired) electrons. The molecule has 0 amide bonds. The minimum absolute atomic E-state index is 0.0157. The van der Waals surface area contributed by atoms with Crippen LogP contribution < -0.4 is 0 Å². The largest absolute Gasteiger partial charge is 0.462 e. The summed E-state index contributed by atoms with van der Waals surface area (Å²) in [4.78, 5) is 25.3. The molecule has 3 aliphatic rings. The minimum Gasteiger partial charge on any atom is -0.462 e. The highest BCUT2D eigenvalue weighted by atomic mass is 16.6. The van der Waals surface area contributed by atoms with E-state index < -0.39 is 17.1 Å². The molecule has 3 fully saturated rings. The molecule has 2 aliphatic carbocycles. The standard InChI is InChI=1S/C33H50O6/c1-7-32(4,5)31(36)39-27-17-20(2)29(21(3)22-11-9-8-10-12-22)25-15-16-33(6,37)26(30(25)27)14-13-24-18-23(34)19-28(35)38-24/h8-12,20-21,23-27,29-30,34,37H,7,13-19H2,1-6H3/t20-,21-,23-,24-,25-,26+,27+,29+,30-,33+/m1/s1. The van der Waals surface area contributed by atoms with Crippen LogP contribution in [0.3, 0.4) is 0 Å². The van der Waals surface area contributed by atoms with E-state index in [2.05, 4.69) is 44.2 Å². The molecule has 4 rings (SSSR count). The molecule has 39 heavy (non-hydrogen) atoms. The number of hydrogen-bond donors (Lipinski definition) is 2. The van der Waals surface area contributed by atoms with E-state index in [0.717, 1.165) is 12.8 Å². The number of rotatable bonds is 8. The van der Waals surface area contributed by atoms with Gasteiger partial charge in [0.25, 0.3) is 0 Å². The van der Waals surface area contributed by atoms with Crippen molar-refractivity contribution in [3.05, 3.63) is 35.9 Å². The van der Waals surface area contributed by atoms with Gasteiger partial charge < -0.3 is 19.7 Å². The number of ether oxygens (including phenoxy) is 2. The second kappa shape index (κ2) is 11.9. The van der Waals surface area contributed by atoms with Gasteiger partial charge in [0.1, 0.15) is 12.2 Å². The summed E-state index contributed by atoms with van der Waals surface area (Å²) in [7, 11) is 0. The van der Waals surface area contributed by atoms with E-state index in [1.807, 2.05) is 27.7 Å². The maximum Gasteiger partial charge on any atom is 0.311 e. The molecule has 6 heteroatoms. The Kier molecular flexibility index (Phi) is 9.17. The number of carbonyl (C=O) groups is 2. The lowest BCUT2D eigenvalue weighted by molar-refractivity contribution is -0.193. The molecule has 2 saturated carbocycles. The van der Waals surface area contributed by atoms with Gasteiger partial charge in [0.05, 0.1) is 23.5 Å². The van der Waals surface area contributed by atoms with Gasteiger partial charge in [0.2, 0.25) is 0 Å². The molecule has 0 bridgehead atoms. The molecule has 218 valence electrons. The van der Waals surface area contributed by atoms with E-state index in [4.69, 9.17) is 9.47 Å². The van der Waals surface area contributed by atoms with Crippen LogP contribution in [0.25, 0.3) is 0 Å². The summed E-state index contributed by atoms with van der Waals surface area (Å²) in [6.45, 7) is 12.5. The van der Waals surface area contributed by atoms with Gasteiger partial charge in [-0.2, -0.15) is 0 Å². The van der Waals surface area contributed by atoms with Gasteiger partial charge in [0.15, 0.2) is 0 Å². The number of esters is 2. The van der Waals surface area contributed by atoms with Crippen LogP contribution in [-0.4, -0.2) is 46.1 Å². The summed E-state index contributed by atoms with van der Waals surface area (Å²) in [5.74, 6) is 0.803. The van der Waals surface area contributed by atoms with Crippen molar-refractivity contribution >= 4 is 11.9 Å². The third-order valence-electron chi connectivity index (χ3n) is 10.6. The van der Waals surface area contributed by atoms with Crippen molar-refractivity contribution in [3.63, 3.8) is 0 Å². The van der Waals surface area contributed by atoms with E-state index in [1.165, 1.54) is 5.56 Å². The van der Waals surface area contributed by atoms with Crippen LogP contribution in [0.5, 0.6) is 0 Å². The predicted molar refractivity (Wildman–Crippen MR) is 151 cm³/mol. The Labute approximate surface area is 234 Å². The Morgan fingerprint density at radius 1 is 1.21 bits per heavy atom. The number of carbonyl (C=O) groups excluding carboxylic acids is 2. The van der Waals surface area contributed by atoms with Gasteiger partial charge in [-0.15, -0.1) is 0 Å². The van der Waals surface area contributed by atoms with Crippen LogP contribution in [0, 0.1) is 35.0 Å². The molecule has 0 spiro atoms. The fourth-order valence-corrected chi connectivity index (χ4v) is 7.95. The van der Waals surface area contributed by atoms with Crippen molar-refractivity contribution < 1.29 is 29.3 Å². The monoisotopic (exact) mass is 542 g/mol. The molecule has 1 aromatic rings. The highest BCUT2D eigenvalue weighted by molar-refractivity contribution is 5.76. The third kappa shape index (κ3) is 6.53. The molecule has 1 heterocycles. The summed E-state index contributed by atoms with van der Waals surface area (Å²) in [5, 5.41) is 21.9. The minimum atomic E-state index is -0.912. The Balaban J connectivity index is 1.66. The van der Waals surface area contributed by atoms with Crippen molar-refractivity contribution in [1.29, 1.82) is 0 Å². The molecule has 0 unspecified atom stereocenters.